The Morgan fingerprint density at radius 1 is 0.815 bits per heavy atom. The molecule has 0 bridgehead atoms. The van der Waals surface area contributed by atoms with Crippen LogP contribution in [-0.4, -0.2) is 6.79 Å². The van der Waals surface area contributed by atoms with Crippen molar-refractivity contribution in [1.29, 1.82) is 0 Å². The standard InChI is InChI=1S/C23H17NO3/c1-15-6-9-17(10-7-15)24-19-13-22(27-20-5-3-2-4-18(19)20)16-8-11-21-23(12-16)26-14-25-21/h2-13H,14H2,1H3. The monoisotopic (exact) mass is 355 g/mol. The molecule has 0 saturated heterocycles. The Hall–Kier alpha value is -3.53. The molecule has 1 aromatic heterocycles. The van der Waals surface area contributed by atoms with E-state index in [9.17, 15) is 0 Å². The normalized spacial score (nSPS) is 13.3. The van der Waals surface area contributed by atoms with Crippen molar-refractivity contribution >= 4 is 16.7 Å². The van der Waals surface area contributed by atoms with Crippen LogP contribution in [0.4, 0.5) is 5.69 Å². The minimum atomic E-state index is 0.252. The van der Waals surface area contributed by atoms with E-state index in [-0.39, 0.29) is 6.79 Å². The van der Waals surface area contributed by atoms with E-state index in [0.29, 0.717) is 0 Å². The van der Waals surface area contributed by atoms with Crippen LogP contribution in [0.1, 0.15) is 5.56 Å². The second kappa shape index (κ2) is 6.32. The first kappa shape index (κ1) is 15.7. The van der Waals surface area contributed by atoms with Crippen LogP contribution >= 0.6 is 0 Å². The van der Waals surface area contributed by atoms with Crippen molar-refractivity contribution in [3.05, 3.63) is 83.7 Å². The summed E-state index contributed by atoms with van der Waals surface area (Å²) in [7, 11) is 0. The fourth-order valence-corrected chi connectivity index (χ4v) is 3.16. The van der Waals surface area contributed by atoms with E-state index >= 15 is 0 Å². The molecule has 3 aromatic carbocycles. The molecule has 0 spiro atoms. The molecule has 0 unspecified atom stereocenters. The number of nitrogens with zero attached hydrogens (tertiary/aromatic N) is 1. The van der Waals surface area contributed by atoms with Crippen LogP contribution < -0.4 is 14.8 Å². The summed E-state index contributed by atoms with van der Waals surface area (Å²) in [5.41, 5.74) is 3.83. The van der Waals surface area contributed by atoms with Crippen LogP contribution in [-0.2, 0) is 0 Å². The van der Waals surface area contributed by atoms with E-state index in [0.717, 1.165) is 44.8 Å². The zero-order valence-electron chi connectivity index (χ0n) is 14.8. The van der Waals surface area contributed by atoms with E-state index in [2.05, 4.69) is 19.1 Å². The van der Waals surface area contributed by atoms with Crippen molar-refractivity contribution in [2.75, 3.05) is 6.79 Å². The van der Waals surface area contributed by atoms with Crippen LogP contribution in [0.2, 0.25) is 0 Å². The second-order valence-electron chi connectivity index (χ2n) is 6.51. The largest absolute Gasteiger partial charge is 0.456 e. The van der Waals surface area contributed by atoms with Crippen LogP contribution in [0.15, 0.2) is 82.2 Å². The summed E-state index contributed by atoms with van der Waals surface area (Å²) >= 11 is 0. The lowest BCUT2D eigenvalue weighted by molar-refractivity contribution is 0.174. The van der Waals surface area contributed by atoms with Gasteiger partial charge in [-0.25, -0.2) is 4.99 Å². The van der Waals surface area contributed by atoms with Gasteiger partial charge >= 0.3 is 0 Å². The van der Waals surface area contributed by atoms with Crippen molar-refractivity contribution in [3.8, 4) is 22.8 Å². The van der Waals surface area contributed by atoms with Gasteiger partial charge in [0, 0.05) is 17.0 Å². The van der Waals surface area contributed by atoms with Crippen LogP contribution in [0.5, 0.6) is 11.5 Å². The van der Waals surface area contributed by atoms with Gasteiger partial charge in [-0.2, -0.15) is 0 Å². The van der Waals surface area contributed by atoms with E-state index in [1.54, 1.807) is 0 Å². The Balaban J connectivity index is 1.72. The van der Waals surface area contributed by atoms with E-state index in [1.807, 2.05) is 60.7 Å². The number of aryl methyl sites for hydroxylation is 1. The lowest BCUT2D eigenvalue weighted by Crippen LogP contribution is -2.03. The molecular formula is C23H17NO3. The molecule has 5 rings (SSSR count). The van der Waals surface area contributed by atoms with Crippen molar-refractivity contribution < 1.29 is 13.9 Å². The Kier molecular flexibility index (Phi) is 3.68. The van der Waals surface area contributed by atoms with E-state index in [1.165, 1.54) is 5.56 Å². The van der Waals surface area contributed by atoms with Gasteiger partial charge in [-0.15, -0.1) is 0 Å². The van der Waals surface area contributed by atoms with Crippen molar-refractivity contribution in [3.63, 3.8) is 0 Å². The van der Waals surface area contributed by atoms with Gasteiger partial charge in [0.05, 0.1) is 11.0 Å². The van der Waals surface area contributed by atoms with E-state index in [4.69, 9.17) is 18.9 Å². The number of hydrogen-bond donors (Lipinski definition) is 0. The van der Waals surface area contributed by atoms with Gasteiger partial charge in [0.1, 0.15) is 11.3 Å². The average molecular weight is 355 g/mol. The van der Waals surface area contributed by atoms with E-state index < -0.39 is 0 Å². The molecule has 0 N–H and O–H groups in total. The molecular weight excluding hydrogens is 338 g/mol. The summed E-state index contributed by atoms with van der Waals surface area (Å²) < 4.78 is 17.0. The highest BCUT2D eigenvalue weighted by Crippen LogP contribution is 2.36. The van der Waals surface area contributed by atoms with Gasteiger partial charge in [-0.3, -0.25) is 0 Å². The van der Waals surface area contributed by atoms with Gasteiger partial charge in [0.2, 0.25) is 6.79 Å². The van der Waals surface area contributed by atoms with Crippen LogP contribution in [0.25, 0.3) is 22.3 Å². The molecule has 2 heterocycles. The lowest BCUT2D eigenvalue weighted by Gasteiger charge is -2.06. The number of benzene rings is 3. The Bertz CT molecular complexity index is 1210. The Morgan fingerprint density at radius 3 is 2.52 bits per heavy atom. The first-order chi connectivity index (χ1) is 13.3. The summed E-state index contributed by atoms with van der Waals surface area (Å²) in [5.74, 6) is 2.22. The number of rotatable bonds is 2. The first-order valence-electron chi connectivity index (χ1n) is 8.81. The summed E-state index contributed by atoms with van der Waals surface area (Å²) in [6.45, 7) is 2.32. The molecule has 1 aliphatic heterocycles. The van der Waals surface area contributed by atoms with Gasteiger partial charge in [0.25, 0.3) is 0 Å². The summed E-state index contributed by atoms with van der Waals surface area (Å²) in [4.78, 5) is 4.85. The summed E-state index contributed by atoms with van der Waals surface area (Å²) in [6.07, 6.45) is 0. The van der Waals surface area contributed by atoms with Crippen LogP contribution in [0.3, 0.4) is 0 Å². The lowest BCUT2D eigenvalue weighted by atomic mass is 10.1. The number of para-hydroxylation sites is 1. The highest BCUT2D eigenvalue weighted by molar-refractivity contribution is 5.79. The van der Waals surface area contributed by atoms with Gasteiger partial charge in [-0.05, 0) is 49.4 Å². The minimum absolute atomic E-state index is 0.252. The third-order valence-electron chi connectivity index (χ3n) is 4.59. The Labute approximate surface area is 156 Å². The SMILES string of the molecule is Cc1ccc(N=c2cc(-c3ccc4c(c3)OCO4)oc3ccccc23)cc1. The molecule has 0 radical (unpaired) electrons. The predicted molar refractivity (Wildman–Crippen MR) is 104 cm³/mol. The molecule has 0 amide bonds. The molecule has 4 nitrogen and oxygen atoms in total. The third-order valence-corrected chi connectivity index (χ3v) is 4.59. The minimum Gasteiger partial charge on any atom is -0.456 e. The maximum absolute atomic E-state index is 6.15. The van der Waals surface area contributed by atoms with Gasteiger partial charge in [-0.1, -0.05) is 29.8 Å². The first-order valence-corrected chi connectivity index (χ1v) is 8.81. The maximum atomic E-state index is 6.15. The smallest absolute Gasteiger partial charge is 0.231 e. The van der Waals surface area contributed by atoms with Crippen molar-refractivity contribution in [1.82, 2.24) is 0 Å². The molecule has 0 fully saturated rings. The van der Waals surface area contributed by atoms with Gasteiger partial charge in [0.15, 0.2) is 11.5 Å². The fraction of sp³-hybridized carbons (Fsp3) is 0.0870. The number of hydrogen-bond acceptors (Lipinski definition) is 4. The van der Waals surface area contributed by atoms with Crippen molar-refractivity contribution in [2.24, 2.45) is 4.99 Å². The highest BCUT2D eigenvalue weighted by atomic mass is 16.7. The predicted octanol–water partition coefficient (Wildman–Crippen LogP) is 5.37. The molecule has 0 atom stereocenters. The topological polar surface area (TPSA) is 44.0 Å². The Morgan fingerprint density at radius 2 is 1.63 bits per heavy atom. The van der Waals surface area contributed by atoms with Crippen LogP contribution in [0, 0.1) is 6.92 Å². The van der Waals surface area contributed by atoms with Crippen molar-refractivity contribution in [2.45, 2.75) is 6.92 Å². The molecule has 1 aliphatic rings. The molecule has 132 valence electrons. The molecule has 4 heteroatoms. The summed E-state index contributed by atoms with van der Waals surface area (Å²) in [6, 6.07) is 23.9. The third kappa shape index (κ3) is 2.95. The molecule has 0 saturated carbocycles. The maximum Gasteiger partial charge on any atom is 0.231 e. The zero-order chi connectivity index (χ0) is 18.2. The average Bonchev–Trinajstić information content (AvgIpc) is 3.17. The summed E-state index contributed by atoms with van der Waals surface area (Å²) in [5, 5.41) is 1.84. The molecule has 0 aliphatic carbocycles. The number of ether oxygens (including phenoxy) is 2. The quantitative estimate of drug-likeness (QED) is 0.485. The highest BCUT2D eigenvalue weighted by Gasteiger charge is 2.15. The second-order valence-corrected chi connectivity index (χ2v) is 6.51. The fourth-order valence-electron chi connectivity index (χ4n) is 3.16. The molecule has 4 aromatic rings. The molecule has 27 heavy (non-hydrogen) atoms. The number of fused-ring (bicyclic) bond motifs is 2. The van der Waals surface area contributed by atoms with Gasteiger partial charge < -0.3 is 13.9 Å². The zero-order valence-corrected chi connectivity index (χ0v) is 14.8.